The van der Waals surface area contributed by atoms with Crippen molar-refractivity contribution in [1.82, 2.24) is 5.32 Å². The van der Waals surface area contributed by atoms with Gasteiger partial charge in [0, 0.05) is 12.2 Å². The predicted octanol–water partition coefficient (Wildman–Crippen LogP) is 3.63. The maximum Gasteiger partial charge on any atom is 0.319 e. The van der Waals surface area contributed by atoms with Gasteiger partial charge in [-0.1, -0.05) is 18.2 Å². The number of hydrogen-bond donors (Lipinski definition) is 2. The monoisotopic (exact) mass is 367 g/mol. The van der Waals surface area contributed by atoms with Gasteiger partial charge < -0.3 is 20.3 Å². The van der Waals surface area contributed by atoms with E-state index in [-0.39, 0.29) is 5.91 Å². The molecule has 0 saturated carbocycles. The molecule has 2 aromatic carbocycles. The highest BCUT2D eigenvalue weighted by molar-refractivity contribution is 6.02. The normalized spacial score (nSPS) is 16.3. The number of ether oxygens (including phenoxy) is 1. The summed E-state index contributed by atoms with van der Waals surface area (Å²) in [6, 6.07) is 12.3. The Morgan fingerprint density at radius 1 is 1.19 bits per heavy atom. The number of aryl methyl sites for hydroxylation is 2. The molecule has 0 aromatic heterocycles. The first-order valence-electron chi connectivity index (χ1n) is 9.17. The van der Waals surface area contributed by atoms with E-state index < -0.39 is 12.1 Å². The summed E-state index contributed by atoms with van der Waals surface area (Å²) in [5.74, 6) is 0.512. The van der Waals surface area contributed by atoms with Crippen molar-refractivity contribution in [2.75, 3.05) is 23.4 Å². The average molecular weight is 367 g/mol. The predicted molar refractivity (Wildman–Crippen MR) is 106 cm³/mol. The van der Waals surface area contributed by atoms with Crippen LogP contribution in [0.15, 0.2) is 42.5 Å². The van der Waals surface area contributed by atoms with Crippen LogP contribution in [0.1, 0.15) is 24.5 Å². The molecule has 1 saturated heterocycles. The number of carbonyl (C=O) groups is 2. The van der Waals surface area contributed by atoms with E-state index >= 15 is 0 Å². The van der Waals surface area contributed by atoms with Crippen molar-refractivity contribution >= 4 is 23.3 Å². The van der Waals surface area contributed by atoms with Crippen LogP contribution in [0.3, 0.4) is 0 Å². The Bertz CT molecular complexity index is 830. The van der Waals surface area contributed by atoms with Crippen LogP contribution in [-0.2, 0) is 4.79 Å². The molecule has 3 rings (SSSR count). The van der Waals surface area contributed by atoms with Crippen molar-refractivity contribution in [3.8, 4) is 5.75 Å². The molecule has 0 bridgehead atoms. The van der Waals surface area contributed by atoms with Crippen LogP contribution in [0, 0.1) is 13.8 Å². The fraction of sp³-hybridized carbons (Fsp3) is 0.333. The molecular formula is C21H25N3O3. The zero-order chi connectivity index (χ0) is 19.4. The lowest BCUT2D eigenvalue weighted by molar-refractivity contribution is -0.118. The number of benzene rings is 2. The van der Waals surface area contributed by atoms with E-state index in [4.69, 9.17) is 4.74 Å². The first-order chi connectivity index (χ1) is 13.0. The van der Waals surface area contributed by atoms with Gasteiger partial charge >= 0.3 is 6.03 Å². The summed E-state index contributed by atoms with van der Waals surface area (Å²) < 4.78 is 5.51. The summed E-state index contributed by atoms with van der Waals surface area (Å²) in [4.78, 5) is 26.9. The maximum atomic E-state index is 12.7. The molecule has 27 heavy (non-hydrogen) atoms. The highest BCUT2D eigenvalue weighted by Gasteiger charge is 2.33. The summed E-state index contributed by atoms with van der Waals surface area (Å²) in [6.45, 7) is 7.00. The van der Waals surface area contributed by atoms with E-state index in [0.717, 1.165) is 16.8 Å². The summed E-state index contributed by atoms with van der Waals surface area (Å²) in [5, 5.41) is 5.55. The van der Waals surface area contributed by atoms with Crippen LogP contribution < -0.4 is 20.3 Å². The fourth-order valence-electron chi connectivity index (χ4n) is 3.34. The second-order valence-corrected chi connectivity index (χ2v) is 6.70. The Hall–Kier alpha value is -3.02. The van der Waals surface area contributed by atoms with Crippen LogP contribution in [0.5, 0.6) is 5.75 Å². The number of urea groups is 1. The van der Waals surface area contributed by atoms with Crippen LogP contribution >= 0.6 is 0 Å². The van der Waals surface area contributed by atoms with Gasteiger partial charge in [0.05, 0.1) is 12.3 Å². The number of anilines is 2. The van der Waals surface area contributed by atoms with E-state index in [1.54, 1.807) is 17.0 Å². The minimum Gasteiger partial charge on any atom is -0.492 e. The standard InChI is InChI=1S/C21H25N3O3/c1-4-27-19-8-6-5-7-17(19)22-21(26)23-18-9-10-24(20(18)25)16-12-14(2)11-15(3)13-16/h5-8,11-13,18H,4,9-10H2,1-3H3,(H2,22,23,26)/t18-/m0/s1. The van der Waals surface area contributed by atoms with Gasteiger partial charge in [0.25, 0.3) is 0 Å². The van der Waals surface area contributed by atoms with Crippen molar-refractivity contribution in [3.63, 3.8) is 0 Å². The first kappa shape index (κ1) is 18.8. The van der Waals surface area contributed by atoms with Gasteiger partial charge in [0.15, 0.2) is 0 Å². The Balaban J connectivity index is 1.65. The zero-order valence-corrected chi connectivity index (χ0v) is 15.9. The number of para-hydroxylation sites is 2. The third kappa shape index (κ3) is 4.39. The van der Waals surface area contributed by atoms with Crippen molar-refractivity contribution in [2.45, 2.75) is 33.2 Å². The topological polar surface area (TPSA) is 70.7 Å². The molecule has 3 amide bonds. The molecule has 1 atom stereocenters. The first-order valence-corrected chi connectivity index (χ1v) is 9.17. The van der Waals surface area contributed by atoms with Gasteiger partial charge in [0.2, 0.25) is 5.91 Å². The van der Waals surface area contributed by atoms with Crippen LogP contribution in [0.25, 0.3) is 0 Å². The van der Waals surface area contributed by atoms with Gasteiger partial charge in [-0.3, -0.25) is 4.79 Å². The molecule has 6 heteroatoms. The minimum absolute atomic E-state index is 0.0896. The lowest BCUT2D eigenvalue weighted by Crippen LogP contribution is -2.43. The van der Waals surface area contributed by atoms with Crippen molar-refractivity contribution in [2.24, 2.45) is 0 Å². The van der Waals surface area contributed by atoms with Gasteiger partial charge in [-0.2, -0.15) is 0 Å². The van der Waals surface area contributed by atoms with Gasteiger partial charge in [-0.15, -0.1) is 0 Å². The third-order valence-electron chi connectivity index (χ3n) is 4.46. The van der Waals surface area contributed by atoms with Gasteiger partial charge in [0.1, 0.15) is 11.8 Å². The van der Waals surface area contributed by atoms with E-state index in [1.165, 1.54) is 0 Å². The second-order valence-electron chi connectivity index (χ2n) is 6.70. The number of amides is 3. The molecule has 1 aliphatic rings. The Morgan fingerprint density at radius 3 is 2.59 bits per heavy atom. The van der Waals surface area contributed by atoms with Crippen molar-refractivity contribution in [1.29, 1.82) is 0 Å². The highest BCUT2D eigenvalue weighted by atomic mass is 16.5. The number of carbonyl (C=O) groups excluding carboxylic acids is 2. The van der Waals surface area contributed by atoms with E-state index in [0.29, 0.717) is 31.0 Å². The lowest BCUT2D eigenvalue weighted by Gasteiger charge is -2.19. The van der Waals surface area contributed by atoms with Crippen LogP contribution in [0.2, 0.25) is 0 Å². The Labute approximate surface area is 159 Å². The van der Waals surface area contributed by atoms with E-state index in [1.807, 2.05) is 45.0 Å². The van der Waals surface area contributed by atoms with Crippen LogP contribution in [0.4, 0.5) is 16.2 Å². The third-order valence-corrected chi connectivity index (χ3v) is 4.46. The van der Waals surface area contributed by atoms with E-state index in [9.17, 15) is 9.59 Å². The summed E-state index contributed by atoms with van der Waals surface area (Å²) >= 11 is 0. The Kier molecular flexibility index (Phi) is 5.64. The molecule has 0 aliphatic carbocycles. The Morgan fingerprint density at radius 2 is 1.89 bits per heavy atom. The fourth-order valence-corrected chi connectivity index (χ4v) is 3.34. The smallest absolute Gasteiger partial charge is 0.319 e. The highest BCUT2D eigenvalue weighted by Crippen LogP contribution is 2.25. The van der Waals surface area contributed by atoms with Gasteiger partial charge in [-0.25, -0.2) is 4.79 Å². The molecule has 2 N–H and O–H groups in total. The molecule has 1 aliphatic heterocycles. The molecule has 0 radical (unpaired) electrons. The van der Waals surface area contributed by atoms with Crippen LogP contribution in [-0.4, -0.2) is 31.1 Å². The molecule has 1 heterocycles. The summed E-state index contributed by atoms with van der Waals surface area (Å²) in [7, 11) is 0. The summed E-state index contributed by atoms with van der Waals surface area (Å²) in [6.07, 6.45) is 0.576. The number of nitrogens with one attached hydrogen (secondary N) is 2. The molecule has 6 nitrogen and oxygen atoms in total. The molecule has 0 spiro atoms. The zero-order valence-electron chi connectivity index (χ0n) is 15.9. The molecule has 0 unspecified atom stereocenters. The SMILES string of the molecule is CCOc1ccccc1NC(=O)N[C@H]1CCN(c2cc(C)cc(C)c2)C1=O. The largest absolute Gasteiger partial charge is 0.492 e. The molecular weight excluding hydrogens is 342 g/mol. The average Bonchev–Trinajstić information content (AvgIpc) is 2.96. The second kappa shape index (κ2) is 8.12. The molecule has 142 valence electrons. The maximum absolute atomic E-state index is 12.7. The number of hydrogen-bond acceptors (Lipinski definition) is 3. The summed E-state index contributed by atoms with van der Waals surface area (Å²) in [5.41, 5.74) is 3.68. The number of rotatable bonds is 5. The lowest BCUT2D eigenvalue weighted by atomic mass is 10.1. The van der Waals surface area contributed by atoms with E-state index in [2.05, 4.69) is 16.7 Å². The molecule has 2 aromatic rings. The van der Waals surface area contributed by atoms with Gasteiger partial charge in [-0.05, 0) is 62.6 Å². The molecule has 1 fully saturated rings. The number of nitrogens with zero attached hydrogens (tertiary/aromatic N) is 1. The van der Waals surface area contributed by atoms with Crippen molar-refractivity contribution in [3.05, 3.63) is 53.6 Å². The van der Waals surface area contributed by atoms with Crippen molar-refractivity contribution < 1.29 is 14.3 Å². The quantitative estimate of drug-likeness (QED) is 0.848. The minimum atomic E-state index is -0.537.